The number of piperazine rings is 1. The number of benzene rings is 2. The second-order valence-electron chi connectivity index (χ2n) is 8.54. The van der Waals surface area contributed by atoms with Crippen molar-refractivity contribution in [2.45, 2.75) is 13.3 Å². The van der Waals surface area contributed by atoms with Gasteiger partial charge in [0.15, 0.2) is 11.5 Å². The highest BCUT2D eigenvalue weighted by atomic mass is 16.5. The smallest absolute Gasteiger partial charge is 0.254 e. The van der Waals surface area contributed by atoms with Crippen LogP contribution in [0.2, 0.25) is 0 Å². The maximum atomic E-state index is 13.0. The summed E-state index contributed by atoms with van der Waals surface area (Å²) in [5.74, 6) is 1.35. The van der Waals surface area contributed by atoms with Crippen LogP contribution < -0.4 is 14.8 Å². The van der Waals surface area contributed by atoms with Crippen molar-refractivity contribution in [2.75, 3.05) is 45.7 Å². The quantitative estimate of drug-likeness (QED) is 0.730. The highest BCUT2D eigenvalue weighted by molar-refractivity contribution is 5.99. The molecule has 2 aromatic rings. The van der Waals surface area contributed by atoms with Crippen LogP contribution in [-0.2, 0) is 4.79 Å². The van der Waals surface area contributed by atoms with E-state index in [-0.39, 0.29) is 23.6 Å². The summed E-state index contributed by atoms with van der Waals surface area (Å²) in [5, 5.41) is 2.91. The van der Waals surface area contributed by atoms with Crippen molar-refractivity contribution in [3.63, 3.8) is 0 Å². The molecule has 174 valence electrons. The molecule has 2 unspecified atom stereocenters. The zero-order valence-corrected chi connectivity index (χ0v) is 19.2. The van der Waals surface area contributed by atoms with Crippen LogP contribution in [0.3, 0.4) is 0 Å². The van der Waals surface area contributed by atoms with Crippen molar-refractivity contribution >= 4 is 23.4 Å². The van der Waals surface area contributed by atoms with Gasteiger partial charge in [0.1, 0.15) is 0 Å². The highest BCUT2D eigenvalue weighted by Crippen LogP contribution is 2.38. The van der Waals surface area contributed by atoms with Gasteiger partial charge in [-0.15, -0.1) is 0 Å². The maximum absolute atomic E-state index is 13.0. The van der Waals surface area contributed by atoms with Crippen LogP contribution in [0.15, 0.2) is 42.5 Å². The van der Waals surface area contributed by atoms with E-state index in [1.807, 2.05) is 0 Å². The Hall–Kier alpha value is -3.55. The van der Waals surface area contributed by atoms with E-state index in [4.69, 9.17) is 9.47 Å². The molecule has 4 rings (SSSR count). The van der Waals surface area contributed by atoms with Gasteiger partial charge in [-0.3, -0.25) is 14.4 Å². The third-order valence-corrected chi connectivity index (χ3v) is 6.31. The fraction of sp³-hybridized carbons (Fsp3) is 0.400. The minimum atomic E-state index is -0.109. The third-order valence-electron chi connectivity index (χ3n) is 6.31. The highest BCUT2D eigenvalue weighted by Gasteiger charge is 2.39. The second-order valence-corrected chi connectivity index (χ2v) is 8.54. The van der Waals surface area contributed by atoms with Crippen LogP contribution in [0, 0.1) is 11.8 Å². The number of methoxy groups -OCH3 is 2. The van der Waals surface area contributed by atoms with Gasteiger partial charge in [0.25, 0.3) is 11.8 Å². The average Bonchev–Trinajstić information content (AvgIpc) is 3.59. The molecule has 1 N–H and O–H groups in total. The second kappa shape index (κ2) is 9.52. The lowest BCUT2D eigenvalue weighted by molar-refractivity contribution is -0.117. The predicted octanol–water partition coefficient (Wildman–Crippen LogP) is 2.90. The Morgan fingerprint density at radius 1 is 0.848 bits per heavy atom. The molecule has 2 aromatic carbocycles. The van der Waals surface area contributed by atoms with Crippen molar-refractivity contribution in [1.29, 1.82) is 0 Å². The summed E-state index contributed by atoms with van der Waals surface area (Å²) < 4.78 is 10.5. The molecule has 1 aliphatic carbocycles. The van der Waals surface area contributed by atoms with Crippen LogP contribution in [0.1, 0.15) is 34.1 Å². The number of ether oxygens (including phenoxy) is 2. The SMILES string of the molecule is COc1ccc(C(=O)N2CCN(C(=O)c3cccc(NC(=O)C4CC4C)c3)CC2)cc1OC. The van der Waals surface area contributed by atoms with Gasteiger partial charge in [-0.1, -0.05) is 13.0 Å². The first-order valence-electron chi connectivity index (χ1n) is 11.1. The molecule has 2 atom stereocenters. The first kappa shape index (κ1) is 22.6. The van der Waals surface area contributed by atoms with Crippen LogP contribution >= 0.6 is 0 Å². The topological polar surface area (TPSA) is 88.2 Å². The van der Waals surface area contributed by atoms with Gasteiger partial charge < -0.3 is 24.6 Å². The minimum Gasteiger partial charge on any atom is -0.493 e. The molecule has 2 fully saturated rings. The molecule has 1 saturated heterocycles. The maximum Gasteiger partial charge on any atom is 0.254 e. The number of rotatable bonds is 6. The molecule has 0 bridgehead atoms. The summed E-state index contributed by atoms with van der Waals surface area (Å²) in [6.07, 6.45) is 0.913. The molecule has 8 nitrogen and oxygen atoms in total. The van der Waals surface area contributed by atoms with E-state index in [0.717, 1.165) is 6.42 Å². The Morgan fingerprint density at radius 2 is 1.42 bits per heavy atom. The van der Waals surface area contributed by atoms with E-state index in [1.54, 1.807) is 59.4 Å². The van der Waals surface area contributed by atoms with Gasteiger partial charge >= 0.3 is 0 Å². The number of nitrogens with one attached hydrogen (secondary N) is 1. The van der Waals surface area contributed by atoms with Gasteiger partial charge in [-0.25, -0.2) is 0 Å². The van der Waals surface area contributed by atoms with Gasteiger partial charge in [0, 0.05) is 48.9 Å². The molecule has 0 spiro atoms. The Morgan fingerprint density at radius 3 is 1.97 bits per heavy atom. The van der Waals surface area contributed by atoms with Crippen LogP contribution in [-0.4, -0.2) is 67.9 Å². The fourth-order valence-corrected chi connectivity index (χ4v) is 4.10. The monoisotopic (exact) mass is 451 g/mol. The zero-order valence-electron chi connectivity index (χ0n) is 19.2. The van der Waals surface area contributed by atoms with E-state index < -0.39 is 0 Å². The van der Waals surface area contributed by atoms with E-state index in [9.17, 15) is 14.4 Å². The van der Waals surface area contributed by atoms with Crippen molar-refractivity contribution in [2.24, 2.45) is 11.8 Å². The Labute approximate surface area is 193 Å². The Bertz CT molecular complexity index is 1060. The Kier molecular flexibility index (Phi) is 6.53. The van der Waals surface area contributed by atoms with Crippen LogP contribution in [0.25, 0.3) is 0 Å². The summed E-state index contributed by atoms with van der Waals surface area (Å²) in [7, 11) is 3.08. The fourth-order valence-electron chi connectivity index (χ4n) is 4.10. The van der Waals surface area contributed by atoms with Crippen molar-refractivity contribution < 1.29 is 23.9 Å². The van der Waals surface area contributed by atoms with E-state index in [1.165, 1.54) is 7.11 Å². The molecule has 1 heterocycles. The normalized spacial score (nSPS) is 19.6. The summed E-state index contributed by atoms with van der Waals surface area (Å²) in [5.41, 5.74) is 1.67. The first-order chi connectivity index (χ1) is 15.9. The summed E-state index contributed by atoms with van der Waals surface area (Å²) >= 11 is 0. The zero-order chi connectivity index (χ0) is 23.5. The molecular formula is C25H29N3O5. The number of anilines is 1. The number of carbonyl (C=O) groups is 3. The number of nitrogens with zero attached hydrogens (tertiary/aromatic N) is 2. The van der Waals surface area contributed by atoms with Crippen LogP contribution in [0.5, 0.6) is 11.5 Å². The average molecular weight is 452 g/mol. The summed E-state index contributed by atoms with van der Waals surface area (Å²) in [6.45, 7) is 3.81. The molecule has 33 heavy (non-hydrogen) atoms. The standard InChI is InChI=1S/C25H29N3O5/c1-16-13-20(16)23(29)26-19-6-4-5-17(14-19)24(30)27-9-11-28(12-10-27)25(31)18-7-8-21(32-2)22(15-18)33-3/h4-8,14-16,20H,9-13H2,1-3H3,(H,26,29). The lowest BCUT2D eigenvalue weighted by Crippen LogP contribution is -2.50. The van der Waals surface area contributed by atoms with E-state index >= 15 is 0 Å². The molecular weight excluding hydrogens is 422 g/mol. The van der Waals surface area contributed by atoms with E-state index in [0.29, 0.717) is 60.4 Å². The Balaban J connectivity index is 1.36. The lowest BCUT2D eigenvalue weighted by Gasteiger charge is -2.35. The molecule has 1 saturated carbocycles. The number of carbonyl (C=O) groups excluding carboxylic acids is 3. The first-order valence-corrected chi connectivity index (χ1v) is 11.1. The third kappa shape index (κ3) is 4.94. The van der Waals surface area contributed by atoms with Crippen molar-refractivity contribution in [3.8, 4) is 11.5 Å². The largest absolute Gasteiger partial charge is 0.493 e. The lowest BCUT2D eigenvalue weighted by atomic mass is 10.1. The van der Waals surface area contributed by atoms with Gasteiger partial charge in [0.05, 0.1) is 14.2 Å². The van der Waals surface area contributed by atoms with Gasteiger partial charge in [0.2, 0.25) is 5.91 Å². The molecule has 0 aromatic heterocycles. The molecule has 3 amide bonds. The van der Waals surface area contributed by atoms with Gasteiger partial charge in [-0.05, 0) is 48.7 Å². The molecule has 1 aliphatic heterocycles. The predicted molar refractivity (Wildman–Crippen MR) is 124 cm³/mol. The van der Waals surface area contributed by atoms with Crippen LogP contribution in [0.4, 0.5) is 5.69 Å². The minimum absolute atomic E-state index is 0.00869. The summed E-state index contributed by atoms with van der Waals surface area (Å²) in [4.78, 5) is 41.6. The summed E-state index contributed by atoms with van der Waals surface area (Å²) in [6, 6.07) is 12.1. The number of hydrogen-bond acceptors (Lipinski definition) is 5. The van der Waals surface area contributed by atoms with E-state index in [2.05, 4.69) is 12.2 Å². The number of hydrogen-bond donors (Lipinski definition) is 1. The van der Waals surface area contributed by atoms with Crippen molar-refractivity contribution in [1.82, 2.24) is 9.80 Å². The molecule has 8 heteroatoms. The molecule has 2 aliphatic rings. The number of amides is 3. The van der Waals surface area contributed by atoms with Crippen molar-refractivity contribution in [3.05, 3.63) is 53.6 Å². The molecule has 0 radical (unpaired) electrons. The van der Waals surface area contributed by atoms with Gasteiger partial charge in [-0.2, -0.15) is 0 Å².